The quantitative estimate of drug-likeness (QED) is 0.567. The van der Waals surface area contributed by atoms with Crippen LogP contribution in [0.25, 0.3) is 0 Å². The molecule has 3 rings (SSSR count). The lowest BCUT2D eigenvalue weighted by Gasteiger charge is -2.14. The Kier molecular flexibility index (Phi) is 6.22. The monoisotopic (exact) mass is 401 g/mol. The Morgan fingerprint density at radius 1 is 1.00 bits per heavy atom. The van der Waals surface area contributed by atoms with Crippen molar-refractivity contribution in [1.82, 2.24) is 0 Å². The van der Waals surface area contributed by atoms with Gasteiger partial charge in [-0.25, -0.2) is 0 Å². The van der Waals surface area contributed by atoms with E-state index in [2.05, 4.69) is 5.32 Å². The van der Waals surface area contributed by atoms with Crippen LogP contribution in [-0.2, 0) is 6.42 Å². The fraction of sp³-hybridized carbons (Fsp3) is 0.0952. The number of nitrogens with one attached hydrogen (secondary N) is 1. The Morgan fingerprint density at radius 2 is 1.78 bits per heavy atom. The third-order valence-electron chi connectivity index (χ3n) is 3.90. The minimum absolute atomic E-state index is 0.0673. The zero-order chi connectivity index (χ0) is 19.2. The van der Waals surface area contributed by atoms with Gasteiger partial charge in [-0.15, -0.1) is 0 Å². The Bertz CT molecular complexity index is 945. The van der Waals surface area contributed by atoms with Gasteiger partial charge in [0, 0.05) is 11.4 Å². The number of rotatable bonds is 6. The molecular weight excluding hydrogens is 385 g/mol. The van der Waals surface area contributed by atoms with Crippen molar-refractivity contribution in [2.24, 2.45) is 0 Å². The number of benzene rings is 3. The molecular formula is C21H17Cl2NO3. The summed E-state index contributed by atoms with van der Waals surface area (Å²) in [6, 6.07) is 19.3. The highest BCUT2D eigenvalue weighted by atomic mass is 35.5. The number of ether oxygens (including phenoxy) is 1. The van der Waals surface area contributed by atoms with Crippen LogP contribution in [-0.4, -0.2) is 17.6 Å². The molecule has 0 spiro atoms. The first-order valence-corrected chi connectivity index (χ1v) is 9.05. The number of hydrogen-bond donors (Lipinski definition) is 2. The van der Waals surface area contributed by atoms with E-state index in [1.54, 1.807) is 18.2 Å². The first-order chi connectivity index (χ1) is 13.0. The van der Waals surface area contributed by atoms with Gasteiger partial charge in [0.1, 0.15) is 5.75 Å². The van der Waals surface area contributed by atoms with Crippen molar-refractivity contribution in [2.45, 2.75) is 6.42 Å². The molecule has 0 aliphatic rings. The van der Waals surface area contributed by atoms with E-state index >= 15 is 0 Å². The summed E-state index contributed by atoms with van der Waals surface area (Å²) in [6.45, 7) is 0.402. The van der Waals surface area contributed by atoms with E-state index in [-0.39, 0.29) is 11.3 Å². The van der Waals surface area contributed by atoms with Crippen LogP contribution < -0.4 is 10.1 Å². The maximum Gasteiger partial charge on any atom is 0.259 e. The van der Waals surface area contributed by atoms with Crippen LogP contribution in [0.4, 0.5) is 5.69 Å². The number of amides is 1. The maximum absolute atomic E-state index is 12.5. The van der Waals surface area contributed by atoms with Crippen molar-refractivity contribution in [2.75, 3.05) is 11.9 Å². The van der Waals surface area contributed by atoms with Gasteiger partial charge in [-0.05, 0) is 35.9 Å². The lowest BCUT2D eigenvalue weighted by molar-refractivity contribution is 0.102. The first-order valence-electron chi connectivity index (χ1n) is 8.29. The van der Waals surface area contributed by atoms with Gasteiger partial charge >= 0.3 is 0 Å². The van der Waals surface area contributed by atoms with Crippen molar-refractivity contribution >= 4 is 34.8 Å². The Hall–Kier alpha value is -2.69. The van der Waals surface area contributed by atoms with Gasteiger partial charge in [-0.1, -0.05) is 59.6 Å². The van der Waals surface area contributed by atoms with Gasteiger partial charge in [0.25, 0.3) is 5.91 Å². The van der Waals surface area contributed by atoms with Crippen LogP contribution in [0, 0.1) is 0 Å². The summed E-state index contributed by atoms with van der Waals surface area (Å²) in [6.07, 6.45) is 0.703. The van der Waals surface area contributed by atoms with Crippen LogP contribution in [0.15, 0.2) is 66.7 Å². The molecule has 0 aliphatic carbocycles. The summed E-state index contributed by atoms with van der Waals surface area (Å²) in [5, 5.41) is 13.4. The minimum Gasteiger partial charge on any atom is -0.507 e. The number of para-hydroxylation sites is 1. The fourth-order valence-corrected chi connectivity index (χ4v) is 2.95. The number of aromatic hydroxyl groups is 1. The molecule has 1 amide bonds. The zero-order valence-electron chi connectivity index (χ0n) is 14.3. The van der Waals surface area contributed by atoms with Gasteiger partial charge in [0.05, 0.1) is 22.9 Å². The van der Waals surface area contributed by atoms with E-state index < -0.39 is 5.91 Å². The van der Waals surface area contributed by atoms with E-state index in [4.69, 9.17) is 27.9 Å². The molecule has 138 valence electrons. The number of hydrogen-bond acceptors (Lipinski definition) is 3. The van der Waals surface area contributed by atoms with Crippen molar-refractivity contribution in [3.05, 3.63) is 87.9 Å². The fourth-order valence-electron chi connectivity index (χ4n) is 2.55. The molecule has 0 aliphatic heterocycles. The number of anilines is 1. The van der Waals surface area contributed by atoms with Crippen molar-refractivity contribution in [3.8, 4) is 11.5 Å². The average molecular weight is 402 g/mol. The van der Waals surface area contributed by atoms with Crippen molar-refractivity contribution < 1.29 is 14.6 Å². The van der Waals surface area contributed by atoms with Crippen LogP contribution in [0.3, 0.4) is 0 Å². The molecule has 0 saturated heterocycles. The number of phenolic OH excluding ortho intramolecular Hbond substituents is 1. The highest BCUT2D eigenvalue weighted by Crippen LogP contribution is 2.34. The molecule has 27 heavy (non-hydrogen) atoms. The van der Waals surface area contributed by atoms with Crippen molar-refractivity contribution in [3.63, 3.8) is 0 Å². The van der Waals surface area contributed by atoms with Crippen LogP contribution in [0.2, 0.25) is 10.0 Å². The number of carbonyl (C=O) groups is 1. The van der Waals surface area contributed by atoms with Crippen molar-refractivity contribution in [1.29, 1.82) is 0 Å². The minimum atomic E-state index is -0.509. The summed E-state index contributed by atoms with van der Waals surface area (Å²) in [5.74, 6) is -0.291. The highest BCUT2D eigenvalue weighted by molar-refractivity contribution is 6.33. The molecule has 2 N–H and O–H groups in total. The standard InChI is InChI=1S/C21H17Cl2NO3/c22-15-9-10-19(25)16(13-15)21(26)24-18-8-4-7-17(23)20(18)27-12-11-14-5-2-1-3-6-14/h1-10,13,25H,11-12H2,(H,24,26). The Balaban J connectivity index is 1.75. The topological polar surface area (TPSA) is 58.6 Å². The highest BCUT2D eigenvalue weighted by Gasteiger charge is 2.16. The Labute approximate surface area is 167 Å². The number of carbonyl (C=O) groups excluding carboxylic acids is 1. The third-order valence-corrected chi connectivity index (χ3v) is 4.43. The molecule has 0 bridgehead atoms. The van der Waals surface area contributed by atoms with Crippen LogP contribution in [0.1, 0.15) is 15.9 Å². The normalized spacial score (nSPS) is 10.4. The molecule has 3 aromatic carbocycles. The third kappa shape index (κ3) is 4.94. The predicted molar refractivity (Wildman–Crippen MR) is 108 cm³/mol. The van der Waals surface area contributed by atoms with Crippen LogP contribution in [0.5, 0.6) is 11.5 Å². The number of phenols is 1. The average Bonchev–Trinajstić information content (AvgIpc) is 2.66. The molecule has 0 heterocycles. The SMILES string of the molecule is O=C(Nc1cccc(Cl)c1OCCc1ccccc1)c1cc(Cl)ccc1O. The van der Waals surface area contributed by atoms with Crippen LogP contribution >= 0.6 is 23.2 Å². The van der Waals surface area contributed by atoms with Gasteiger partial charge in [-0.3, -0.25) is 4.79 Å². The molecule has 0 unspecified atom stereocenters. The summed E-state index contributed by atoms with van der Waals surface area (Å²) >= 11 is 12.2. The second-order valence-electron chi connectivity index (χ2n) is 5.82. The largest absolute Gasteiger partial charge is 0.507 e. The molecule has 0 radical (unpaired) electrons. The van der Waals surface area contributed by atoms with Gasteiger partial charge in [-0.2, -0.15) is 0 Å². The molecule has 3 aromatic rings. The molecule has 0 saturated carbocycles. The second kappa shape index (κ2) is 8.80. The number of halogens is 2. The molecule has 6 heteroatoms. The van der Waals surface area contributed by atoms with Gasteiger partial charge in [0.15, 0.2) is 5.75 Å². The summed E-state index contributed by atoms with van der Waals surface area (Å²) in [7, 11) is 0. The lowest BCUT2D eigenvalue weighted by atomic mass is 10.1. The zero-order valence-corrected chi connectivity index (χ0v) is 15.8. The summed E-state index contributed by atoms with van der Waals surface area (Å²) in [5.41, 5.74) is 1.62. The summed E-state index contributed by atoms with van der Waals surface area (Å²) < 4.78 is 5.83. The maximum atomic E-state index is 12.5. The van der Waals surface area contributed by atoms with E-state index in [0.717, 1.165) is 5.56 Å². The molecule has 0 fully saturated rings. The van der Waals surface area contributed by atoms with E-state index in [9.17, 15) is 9.90 Å². The lowest BCUT2D eigenvalue weighted by Crippen LogP contribution is -2.14. The molecule has 0 atom stereocenters. The summed E-state index contributed by atoms with van der Waals surface area (Å²) in [4.78, 5) is 12.5. The van der Waals surface area contributed by atoms with Gasteiger partial charge < -0.3 is 15.2 Å². The second-order valence-corrected chi connectivity index (χ2v) is 6.66. The van der Waals surface area contributed by atoms with Gasteiger partial charge in [0.2, 0.25) is 0 Å². The predicted octanol–water partition coefficient (Wildman–Crippen LogP) is 5.57. The Morgan fingerprint density at radius 3 is 2.56 bits per heavy atom. The molecule has 0 aromatic heterocycles. The molecule has 4 nitrogen and oxygen atoms in total. The van der Waals surface area contributed by atoms with E-state index in [0.29, 0.717) is 34.5 Å². The van der Waals surface area contributed by atoms with E-state index in [1.807, 2.05) is 30.3 Å². The van der Waals surface area contributed by atoms with E-state index in [1.165, 1.54) is 18.2 Å². The smallest absolute Gasteiger partial charge is 0.259 e. The first kappa shape index (κ1) is 19.1.